The lowest BCUT2D eigenvalue weighted by molar-refractivity contribution is -0.115. The summed E-state index contributed by atoms with van der Waals surface area (Å²) in [5.41, 5.74) is 1.71. The molecule has 28 heavy (non-hydrogen) atoms. The third-order valence-corrected chi connectivity index (χ3v) is 5.70. The minimum atomic E-state index is -0.0998. The maximum absolute atomic E-state index is 12.3. The molecule has 2 heterocycles. The summed E-state index contributed by atoms with van der Waals surface area (Å²) >= 11 is 2.85. The third kappa shape index (κ3) is 4.12. The van der Waals surface area contributed by atoms with Crippen LogP contribution in [0.4, 0.5) is 5.13 Å². The molecule has 0 aliphatic rings. The zero-order valence-electron chi connectivity index (χ0n) is 14.9. The van der Waals surface area contributed by atoms with Crippen molar-refractivity contribution in [2.45, 2.75) is 11.6 Å². The molecular formula is C18H16N6O2S2. The minimum absolute atomic E-state index is 0.0998. The van der Waals surface area contributed by atoms with Gasteiger partial charge in [0.1, 0.15) is 5.75 Å². The van der Waals surface area contributed by atoms with Crippen LogP contribution in [0.1, 0.15) is 6.42 Å². The molecule has 2 aromatic carbocycles. The minimum Gasteiger partial charge on any atom is -0.497 e. The second-order valence-electron chi connectivity index (χ2n) is 5.71. The Kier molecular flexibility index (Phi) is 5.49. The molecule has 0 fully saturated rings. The second-order valence-corrected chi connectivity index (χ2v) is 7.80. The van der Waals surface area contributed by atoms with Crippen LogP contribution >= 0.6 is 23.1 Å². The molecule has 142 valence electrons. The van der Waals surface area contributed by atoms with Gasteiger partial charge in [-0.15, -0.1) is 5.10 Å². The van der Waals surface area contributed by atoms with Crippen LogP contribution in [0.15, 0.2) is 53.7 Å². The highest BCUT2D eigenvalue weighted by atomic mass is 32.2. The topological polar surface area (TPSA) is 94.8 Å². The first-order valence-corrected chi connectivity index (χ1v) is 10.2. The van der Waals surface area contributed by atoms with Gasteiger partial charge in [-0.05, 0) is 40.8 Å². The number of tetrazole rings is 1. The van der Waals surface area contributed by atoms with Gasteiger partial charge in [0.25, 0.3) is 0 Å². The van der Waals surface area contributed by atoms with E-state index < -0.39 is 0 Å². The van der Waals surface area contributed by atoms with Gasteiger partial charge in [-0.25, -0.2) is 4.98 Å². The summed E-state index contributed by atoms with van der Waals surface area (Å²) in [4.78, 5) is 16.7. The Hall–Kier alpha value is -2.98. The van der Waals surface area contributed by atoms with Gasteiger partial charge in [0.05, 0.1) is 23.0 Å². The third-order valence-electron chi connectivity index (χ3n) is 3.84. The molecule has 0 aliphatic heterocycles. The number of carbonyl (C=O) groups excluding carboxylic acids is 1. The number of hydrogen-bond acceptors (Lipinski definition) is 8. The highest BCUT2D eigenvalue weighted by Gasteiger charge is 2.12. The molecule has 8 nitrogen and oxygen atoms in total. The number of methoxy groups -OCH3 is 1. The Balaban J connectivity index is 1.34. The summed E-state index contributed by atoms with van der Waals surface area (Å²) in [6, 6.07) is 15.3. The van der Waals surface area contributed by atoms with Crippen LogP contribution in [-0.2, 0) is 4.79 Å². The molecule has 0 atom stereocenters. The number of aromatic nitrogens is 5. The van der Waals surface area contributed by atoms with Crippen molar-refractivity contribution in [2.75, 3.05) is 18.2 Å². The van der Waals surface area contributed by atoms with Crippen molar-refractivity contribution in [3.8, 4) is 11.4 Å². The van der Waals surface area contributed by atoms with E-state index in [-0.39, 0.29) is 5.91 Å². The number of benzene rings is 2. The van der Waals surface area contributed by atoms with E-state index in [9.17, 15) is 4.79 Å². The summed E-state index contributed by atoms with van der Waals surface area (Å²) in [6.07, 6.45) is 0.325. The Morgan fingerprint density at radius 2 is 2.11 bits per heavy atom. The summed E-state index contributed by atoms with van der Waals surface area (Å²) < 4.78 is 7.83. The Morgan fingerprint density at radius 1 is 1.25 bits per heavy atom. The number of amides is 1. The Bertz CT molecular complexity index is 1100. The van der Waals surface area contributed by atoms with Crippen LogP contribution in [0.2, 0.25) is 0 Å². The number of anilines is 1. The first kappa shape index (κ1) is 18.4. The van der Waals surface area contributed by atoms with Gasteiger partial charge in [-0.1, -0.05) is 41.3 Å². The van der Waals surface area contributed by atoms with Crippen molar-refractivity contribution >= 4 is 44.4 Å². The van der Waals surface area contributed by atoms with Crippen LogP contribution in [-0.4, -0.2) is 44.0 Å². The largest absolute Gasteiger partial charge is 0.497 e. The van der Waals surface area contributed by atoms with E-state index in [0.717, 1.165) is 21.7 Å². The number of para-hydroxylation sites is 1. The molecule has 0 spiro atoms. The van der Waals surface area contributed by atoms with Gasteiger partial charge in [0.2, 0.25) is 11.1 Å². The molecule has 2 aromatic heterocycles. The summed E-state index contributed by atoms with van der Waals surface area (Å²) in [7, 11) is 1.62. The fourth-order valence-electron chi connectivity index (χ4n) is 2.50. The molecule has 0 aliphatic carbocycles. The van der Waals surface area contributed by atoms with Crippen molar-refractivity contribution in [2.24, 2.45) is 0 Å². The lowest BCUT2D eigenvalue weighted by Crippen LogP contribution is -2.12. The first-order valence-electron chi connectivity index (χ1n) is 8.44. The molecule has 0 saturated heterocycles. The fraction of sp³-hybridized carbons (Fsp3) is 0.167. The summed E-state index contributed by atoms with van der Waals surface area (Å²) in [5.74, 6) is 1.22. The summed E-state index contributed by atoms with van der Waals surface area (Å²) in [6.45, 7) is 0. The molecule has 0 radical (unpaired) electrons. The first-order chi connectivity index (χ1) is 13.7. The molecule has 1 N–H and O–H groups in total. The molecule has 4 aromatic rings. The number of rotatable bonds is 7. The average Bonchev–Trinajstić information content (AvgIpc) is 3.34. The quantitative estimate of drug-likeness (QED) is 0.465. The molecule has 1 amide bonds. The van der Waals surface area contributed by atoms with E-state index in [4.69, 9.17) is 4.74 Å². The van der Waals surface area contributed by atoms with Crippen molar-refractivity contribution in [3.05, 3.63) is 48.5 Å². The zero-order chi connectivity index (χ0) is 19.3. The van der Waals surface area contributed by atoms with Crippen LogP contribution in [0.25, 0.3) is 15.9 Å². The highest BCUT2D eigenvalue weighted by molar-refractivity contribution is 7.99. The van der Waals surface area contributed by atoms with Crippen molar-refractivity contribution in [3.63, 3.8) is 0 Å². The van der Waals surface area contributed by atoms with E-state index in [1.807, 2.05) is 48.5 Å². The van der Waals surface area contributed by atoms with Crippen molar-refractivity contribution in [1.29, 1.82) is 0 Å². The predicted molar refractivity (Wildman–Crippen MR) is 109 cm³/mol. The number of nitrogens with zero attached hydrogens (tertiary/aromatic N) is 5. The number of nitrogens with one attached hydrogen (secondary N) is 1. The van der Waals surface area contributed by atoms with Crippen LogP contribution in [0.3, 0.4) is 0 Å². The molecule has 0 saturated carbocycles. The zero-order valence-corrected chi connectivity index (χ0v) is 16.5. The number of thioether (sulfide) groups is 1. The van der Waals surface area contributed by atoms with Crippen LogP contribution in [0.5, 0.6) is 5.75 Å². The van der Waals surface area contributed by atoms with Gasteiger partial charge in [-0.2, -0.15) is 4.68 Å². The average molecular weight is 413 g/mol. The van der Waals surface area contributed by atoms with E-state index in [1.54, 1.807) is 11.8 Å². The van der Waals surface area contributed by atoms with Crippen LogP contribution in [0, 0.1) is 0 Å². The standard InChI is InChI=1S/C18H16N6O2S2/c1-26-13-7-8-14-15(11-13)28-17(19-14)20-16(25)9-10-27-18-21-22-23-24(18)12-5-3-2-4-6-12/h2-8,11H,9-10H2,1H3,(H,19,20,25). The van der Waals surface area contributed by atoms with E-state index in [2.05, 4.69) is 25.8 Å². The van der Waals surface area contributed by atoms with Crippen LogP contribution < -0.4 is 10.1 Å². The Morgan fingerprint density at radius 3 is 2.93 bits per heavy atom. The Labute approximate surface area is 168 Å². The van der Waals surface area contributed by atoms with E-state index in [0.29, 0.717) is 22.5 Å². The summed E-state index contributed by atoms with van der Waals surface area (Å²) in [5, 5.41) is 15.8. The predicted octanol–water partition coefficient (Wildman–Crippen LogP) is 3.40. The van der Waals surface area contributed by atoms with Gasteiger partial charge in [0, 0.05) is 12.2 Å². The number of fused-ring (bicyclic) bond motifs is 1. The molecule has 4 rings (SSSR count). The molecular weight excluding hydrogens is 396 g/mol. The lowest BCUT2D eigenvalue weighted by Gasteiger charge is -2.04. The monoisotopic (exact) mass is 412 g/mol. The van der Waals surface area contributed by atoms with Gasteiger partial charge in [0.15, 0.2) is 5.13 Å². The van der Waals surface area contributed by atoms with E-state index >= 15 is 0 Å². The number of thiazole rings is 1. The van der Waals surface area contributed by atoms with Gasteiger partial charge >= 0.3 is 0 Å². The molecule has 10 heteroatoms. The van der Waals surface area contributed by atoms with Crippen molar-refractivity contribution in [1.82, 2.24) is 25.2 Å². The van der Waals surface area contributed by atoms with E-state index in [1.165, 1.54) is 23.1 Å². The van der Waals surface area contributed by atoms with Crippen molar-refractivity contribution < 1.29 is 9.53 Å². The number of carbonyl (C=O) groups is 1. The highest BCUT2D eigenvalue weighted by Crippen LogP contribution is 2.29. The SMILES string of the molecule is COc1ccc2nc(NC(=O)CCSc3nnnn3-c3ccccc3)sc2c1. The maximum atomic E-state index is 12.3. The smallest absolute Gasteiger partial charge is 0.226 e. The number of hydrogen-bond donors (Lipinski definition) is 1. The molecule has 0 unspecified atom stereocenters. The second kappa shape index (κ2) is 8.36. The molecule has 0 bridgehead atoms. The fourth-order valence-corrected chi connectivity index (χ4v) is 4.24. The van der Waals surface area contributed by atoms with Gasteiger partial charge < -0.3 is 10.1 Å². The maximum Gasteiger partial charge on any atom is 0.226 e. The number of ether oxygens (including phenoxy) is 1. The normalized spacial score (nSPS) is 10.9. The van der Waals surface area contributed by atoms with Gasteiger partial charge in [-0.3, -0.25) is 4.79 Å². The lowest BCUT2D eigenvalue weighted by atomic mass is 10.3.